The van der Waals surface area contributed by atoms with Gasteiger partial charge in [0.15, 0.2) is 0 Å². The highest BCUT2D eigenvalue weighted by atomic mass is 35.5. The Kier molecular flexibility index (Phi) is 6.52. The van der Waals surface area contributed by atoms with Crippen molar-refractivity contribution in [3.63, 3.8) is 0 Å². The van der Waals surface area contributed by atoms with Crippen LogP contribution in [0.4, 0.5) is 11.4 Å². The van der Waals surface area contributed by atoms with Crippen LogP contribution in [0.5, 0.6) is 5.75 Å². The third-order valence-corrected chi connectivity index (χ3v) is 6.23. The zero-order chi connectivity index (χ0) is 21.9. The number of hydrogen-bond acceptors (Lipinski definition) is 6. The van der Waals surface area contributed by atoms with Crippen LogP contribution in [0.1, 0.15) is 30.1 Å². The predicted molar refractivity (Wildman–Crippen MR) is 113 cm³/mol. The number of sulfonamides is 1. The molecule has 0 aromatic heterocycles. The number of rotatable bonds is 7. The molecule has 0 atom stereocenters. The molecule has 0 aliphatic carbocycles. The minimum absolute atomic E-state index is 0.0383. The van der Waals surface area contributed by atoms with Gasteiger partial charge in [-0.1, -0.05) is 11.6 Å². The van der Waals surface area contributed by atoms with Gasteiger partial charge in [-0.05, 0) is 49.7 Å². The molecular formula is C20H21ClN2O6S. The topological polar surface area (TPSA) is 102 Å². The number of anilines is 2. The van der Waals surface area contributed by atoms with Crippen molar-refractivity contribution in [1.82, 2.24) is 0 Å². The highest BCUT2D eigenvalue weighted by Gasteiger charge is 2.27. The van der Waals surface area contributed by atoms with E-state index in [2.05, 4.69) is 4.72 Å². The number of amides is 1. The average molecular weight is 453 g/mol. The highest BCUT2D eigenvalue weighted by Crippen LogP contribution is 2.34. The van der Waals surface area contributed by atoms with Crippen molar-refractivity contribution in [3.8, 4) is 5.75 Å². The van der Waals surface area contributed by atoms with Crippen molar-refractivity contribution in [2.45, 2.75) is 24.7 Å². The number of carbonyl (C=O) groups is 2. The second kappa shape index (κ2) is 8.93. The molecule has 3 rings (SSSR count). The molecule has 1 aliphatic heterocycles. The predicted octanol–water partition coefficient (Wildman–Crippen LogP) is 3.45. The second-order valence-electron chi connectivity index (χ2n) is 6.50. The third-order valence-electron chi connectivity index (χ3n) is 4.54. The molecule has 8 nitrogen and oxygen atoms in total. The minimum atomic E-state index is -3.99. The summed E-state index contributed by atoms with van der Waals surface area (Å²) in [6.07, 6.45) is 1.10. The van der Waals surface area contributed by atoms with Gasteiger partial charge in [0, 0.05) is 13.0 Å². The summed E-state index contributed by atoms with van der Waals surface area (Å²) >= 11 is 6.11. The van der Waals surface area contributed by atoms with Crippen LogP contribution >= 0.6 is 11.6 Å². The van der Waals surface area contributed by atoms with Gasteiger partial charge < -0.3 is 14.4 Å². The van der Waals surface area contributed by atoms with E-state index in [9.17, 15) is 18.0 Å². The number of halogens is 1. The molecule has 1 aliphatic rings. The van der Waals surface area contributed by atoms with E-state index in [1.54, 1.807) is 6.92 Å². The number of esters is 1. The molecule has 2 aromatic rings. The first-order valence-electron chi connectivity index (χ1n) is 9.24. The lowest BCUT2D eigenvalue weighted by Gasteiger charge is -2.20. The van der Waals surface area contributed by atoms with Gasteiger partial charge in [0.05, 0.1) is 40.6 Å². The van der Waals surface area contributed by atoms with E-state index in [0.29, 0.717) is 30.8 Å². The third kappa shape index (κ3) is 4.52. The number of carbonyl (C=O) groups excluding carboxylic acids is 2. The van der Waals surface area contributed by atoms with Gasteiger partial charge in [-0.3, -0.25) is 9.52 Å². The molecule has 1 saturated heterocycles. The van der Waals surface area contributed by atoms with E-state index in [-0.39, 0.29) is 33.7 Å². The molecule has 0 radical (unpaired) electrons. The van der Waals surface area contributed by atoms with Crippen molar-refractivity contribution in [1.29, 1.82) is 0 Å². The second-order valence-corrected chi connectivity index (χ2v) is 8.59. The standard InChI is InChI=1S/C20H21ClN2O6S/c1-3-29-20(25)15-8-6-13(11-16(15)21)22-30(26,27)14-7-9-18(28-2)17(12-14)23-10-4-5-19(23)24/h6-9,11-12,22H,3-5,10H2,1-2H3. The van der Waals surface area contributed by atoms with Gasteiger partial charge in [-0.2, -0.15) is 0 Å². The SMILES string of the molecule is CCOC(=O)c1ccc(NS(=O)(=O)c2ccc(OC)c(N3CCCC3=O)c2)cc1Cl. The van der Waals surface area contributed by atoms with Crippen LogP contribution in [0, 0.1) is 0 Å². The molecule has 0 bridgehead atoms. The number of ether oxygens (including phenoxy) is 2. The first kappa shape index (κ1) is 21.9. The van der Waals surface area contributed by atoms with Gasteiger partial charge in [0.1, 0.15) is 5.75 Å². The zero-order valence-electron chi connectivity index (χ0n) is 16.5. The number of nitrogens with zero attached hydrogens (tertiary/aromatic N) is 1. The van der Waals surface area contributed by atoms with Gasteiger partial charge in [0.25, 0.3) is 10.0 Å². The lowest BCUT2D eigenvalue weighted by atomic mass is 10.2. The molecule has 0 spiro atoms. The Morgan fingerprint density at radius 1 is 1.23 bits per heavy atom. The summed E-state index contributed by atoms with van der Waals surface area (Å²) in [7, 11) is -2.53. The lowest BCUT2D eigenvalue weighted by Crippen LogP contribution is -2.25. The van der Waals surface area contributed by atoms with Crippen molar-refractivity contribution in [3.05, 3.63) is 47.0 Å². The van der Waals surface area contributed by atoms with E-state index in [0.717, 1.165) is 0 Å². The molecule has 160 valence electrons. The van der Waals surface area contributed by atoms with E-state index in [1.807, 2.05) is 0 Å². The van der Waals surface area contributed by atoms with Crippen molar-refractivity contribution < 1.29 is 27.5 Å². The average Bonchev–Trinajstić information content (AvgIpc) is 3.13. The normalized spacial score (nSPS) is 14.0. The van der Waals surface area contributed by atoms with Crippen LogP contribution in [0.3, 0.4) is 0 Å². The van der Waals surface area contributed by atoms with Crippen molar-refractivity contribution in [2.24, 2.45) is 0 Å². The van der Waals surface area contributed by atoms with Crippen LogP contribution in [-0.2, 0) is 19.6 Å². The van der Waals surface area contributed by atoms with E-state index in [1.165, 1.54) is 48.4 Å². The molecular weight excluding hydrogens is 432 g/mol. The lowest BCUT2D eigenvalue weighted by molar-refractivity contribution is -0.117. The molecule has 10 heteroatoms. The molecule has 1 fully saturated rings. The molecule has 1 amide bonds. The van der Waals surface area contributed by atoms with Crippen LogP contribution in [0.25, 0.3) is 0 Å². The summed E-state index contributed by atoms with van der Waals surface area (Å²) in [6.45, 7) is 2.37. The maximum absolute atomic E-state index is 12.9. The van der Waals surface area contributed by atoms with E-state index < -0.39 is 16.0 Å². The van der Waals surface area contributed by atoms with Crippen molar-refractivity contribution >= 4 is 44.9 Å². The molecule has 30 heavy (non-hydrogen) atoms. The summed E-state index contributed by atoms with van der Waals surface area (Å²) < 4.78 is 38.4. The Balaban J connectivity index is 1.90. The molecule has 1 N–H and O–H groups in total. The number of hydrogen-bond donors (Lipinski definition) is 1. The Labute approximate surface area is 179 Å². The number of benzene rings is 2. The van der Waals surface area contributed by atoms with E-state index in [4.69, 9.17) is 21.1 Å². The summed E-state index contributed by atoms with van der Waals surface area (Å²) in [4.78, 5) is 25.4. The maximum Gasteiger partial charge on any atom is 0.339 e. The van der Waals surface area contributed by atoms with E-state index >= 15 is 0 Å². The molecule has 0 unspecified atom stereocenters. The number of methoxy groups -OCH3 is 1. The zero-order valence-corrected chi connectivity index (χ0v) is 18.0. The summed E-state index contributed by atoms with van der Waals surface area (Å²) in [5.74, 6) is -0.268. The summed E-state index contributed by atoms with van der Waals surface area (Å²) in [5, 5.41) is 0.0618. The smallest absolute Gasteiger partial charge is 0.339 e. The van der Waals surface area contributed by atoms with Gasteiger partial charge in [0.2, 0.25) is 5.91 Å². The Bertz CT molecular complexity index is 1090. The monoisotopic (exact) mass is 452 g/mol. The van der Waals surface area contributed by atoms with Gasteiger partial charge >= 0.3 is 5.97 Å². The fourth-order valence-electron chi connectivity index (χ4n) is 3.12. The van der Waals surface area contributed by atoms with Gasteiger partial charge in [-0.25, -0.2) is 13.2 Å². The quantitative estimate of drug-likeness (QED) is 0.645. The minimum Gasteiger partial charge on any atom is -0.495 e. The van der Waals surface area contributed by atoms with Crippen molar-refractivity contribution in [2.75, 3.05) is 29.9 Å². The summed E-state index contributed by atoms with van der Waals surface area (Å²) in [6, 6.07) is 8.44. The number of nitrogens with one attached hydrogen (secondary N) is 1. The molecule has 2 aromatic carbocycles. The molecule has 0 saturated carbocycles. The summed E-state index contributed by atoms with van der Waals surface area (Å²) in [5.41, 5.74) is 0.724. The fraction of sp³-hybridized carbons (Fsp3) is 0.300. The van der Waals surface area contributed by atoms with Crippen LogP contribution in [-0.4, -0.2) is 40.6 Å². The largest absolute Gasteiger partial charge is 0.495 e. The first-order valence-corrected chi connectivity index (χ1v) is 11.1. The Hall–Kier alpha value is -2.78. The Morgan fingerprint density at radius 3 is 2.60 bits per heavy atom. The molecule has 1 heterocycles. The van der Waals surface area contributed by atoms with Crippen LogP contribution in [0.15, 0.2) is 41.3 Å². The highest BCUT2D eigenvalue weighted by molar-refractivity contribution is 7.92. The first-order chi connectivity index (χ1) is 14.3. The van der Waals surface area contributed by atoms with Crippen LogP contribution < -0.4 is 14.4 Å². The van der Waals surface area contributed by atoms with Gasteiger partial charge in [-0.15, -0.1) is 0 Å². The fourth-order valence-corrected chi connectivity index (χ4v) is 4.44. The van der Waals surface area contributed by atoms with Crippen LogP contribution in [0.2, 0.25) is 5.02 Å². The Morgan fingerprint density at radius 2 is 2.00 bits per heavy atom. The maximum atomic E-state index is 12.9.